The van der Waals surface area contributed by atoms with Crippen molar-refractivity contribution < 1.29 is 52.2 Å². The van der Waals surface area contributed by atoms with Crippen LogP contribution in [0.2, 0.25) is 0 Å². The van der Waals surface area contributed by atoms with E-state index in [0.29, 0.717) is 19.3 Å². The Kier molecular flexibility index (Phi) is 62.1. The van der Waals surface area contributed by atoms with Gasteiger partial charge in [0.1, 0.15) is 12.7 Å². The van der Waals surface area contributed by atoms with Crippen molar-refractivity contribution in [3.8, 4) is 0 Å². The second kappa shape index (κ2) is 65.1. The Balaban J connectivity index is 4.76. The number of aliphatic hydroxyl groups excluding tert-OH is 1. The van der Waals surface area contributed by atoms with Crippen LogP contribution in [-0.4, -0.2) is 66.5 Å². The first-order valence-corrected chi connectivity index (χ1v) is 35.3. The molecule has 0 spiro atoms. The van der Waals surface area contributed by atoms with Gasteiger partial charge in [0.2, 0.25) is 0 Å². The zero-order valence-electron chi connectivity index (χ0n) is 53.6. The molecule has 0 aromatic heterocycles. The third kappa shape index (κ3) is 62.7. The quantitative estimate of drug-likeness (QED) is 0.0197. The van der Waals surface area contributed by atoms with Crippen molar-refractivity contribution in [2.75, 3.05) is 26.4 Å². The van der Waals surface area contributed by atoms with Crippen LogP contribution in [0.4, 0.5) is 0 Å². The predicted molar refractivity (Wildman–Crippen MR) is 353 cm³/mol. The third-order valence-corrected chi connectivity index (χ3v) is 15.1. The molecule has 3 unspecified atom stereocenters. The second-order valence-electron chi connectivity index (χ2n) is 22.2. The highest BCUT2D eigenvalue weighted by molar-refractivity contribution is 7.47. The Hall–Kier alpha value is -3.86. The molecule has 84 heavy (non-hydrogen) atoms. The molecule has 482 valence electrons. The first kappa shape index (κ1) is 80.1. The fourth-order valence-corrected chi connectivity index (χ4v) is 9.82. The fraction of sp³-hybridized carbons (Fsp3) is 0.708. The third-order valence-electron chi connectivity index (χ3n) is 14.1. The predicted octanol–water partition coefficient (Wildman–Crippen LogP) is 20.9. The molecule has 3 atom stereocenters. The molecule has 0 saturated carbocycles. The first-order chi connectivity index (χ1) is 41.2. The van der Waals surface area contributed by atoms with Crippen LogP contribution in [0, 0.1) is 0 Å². The Bertz CT molecular complexity index is 1830. The van der Waals surface area contributed by atoms with Crippen LogP contribution in [0.15, 0.2) is 109 Å². The summed E-state index contributed by atoms with van der Waals surface area (Å²) in [6.07, 6.45) is 80.3. The van der Waals surface area contributed by atoms with Gasteiger partial charge >= 0.3 is 25.7 Å². The summed E-state index contributed by atoms with van der Waals surface area (Å²) < 4.78 is 39.7. The number of hydrogen-bond acceptors (Lipinski definition) is 10. The van der Waals surface area contributed by atoms with Gasteiger partial charge in [-0.2, -0.15) is 0 Å². The number of allylic oxidation sites excluding steroid dienone is 18. The van der Waals surface area contributed by atoms with Gasteiger partial charge in [-0.1, -0.05) is 252 Å². The average molecular weight is 1200 g/mol. The Labute approximate surface area is 514 Å². The molecular weight excluding hydrogens is 1070 g/mol. The molecule has 0 amide bonds. The molecule has 0 saturated heterocycles. The number of phosphoric acid groups is 1. The maximum atomic E-state index is 13.0. The highest BCUT2D eigenvalue weighted by Gasteiger charge is 2.28. The van der Waals surface area contributed by atoms with E-state index in [9.17, 15) is 28.9 Å². The van der Waals surface area contributed by atoms with E-state index >= 15 is 0 Å². The summed E-state index contributed by atoms with van der Waals surface area (Å²) in [5, 5.41) is 9.88. The van der Waals surface area contributed by atoms with E-state index < -0.39 is 57.8 Å². The zero-order valence-corrected chi connectivity index (χ0v) is 54.5. The minimum atomic E-state index is -4.78. The van der Waals surface area contributed by atoms with Crippen LogP contribution >= 0.6 is 7.82 Å². The number of esters is 3. The number of ether oxygens (including phenoxy) is 3. The fourth-order valence-electron chi connectivity index (χ4n) is 9.03. The molecule has 0 aromatic carbocycles. The molecule has 0 aromatic rings. The van der Waals surface area contributed by atoms with Crippen molar-refractivity contribution in [2.45, 2.75) is 303 Å². The van der Waals surface area contributed by atoms with E-state index in [1.165, 1.54) is 109 Å². The average Bonchev–Trinajstić information content (AvgIpc) is 3.53. The molecule has 0 bridgehead atoms. The Morgan fingerprint density at radius 1 is 0.345 bits per heavy atom. The van der Waals surface area contributed by atoms with Gasteiger partial charge in [0.25, 0.3) is 0 Å². The summed E-state index contributed by atoms with van der Waals surface area (Å²) in [5.74, 6) is -1.52. The summed E-state index contributed by atoms with van der Waals surface area (Å²) in [5.41, 5.74) is 0. The van der Waals surface area contributed by atoms with E-state index in [1.807, 2.05) is 0 Å². The summed E-state index contributed by atoms with van der Waals surface area (Å²) in [6.45, 7) is 4.48. The van der Waals surface area contributed by atoms with Crippen molar-refractivity contribution in [3.63, 3.8) is 0 Å². The van der Waals surface area contributed by atoms with Gasteiger partial charge in [0.05, 0.1) is 19.8 Å². The van der Waals surface area contributed by atoms with Gasteiger partial charge in [-0.05, 0) is 128 Å². The zero-order chi connectivity index (χ0) is 61.2. The van der Waals surface area contributed by atoms with Crippen LogP contribution in [0.1, 0.15) is 290 Å². The maximum Gasteiger partial charge on any atom is 0.472 e. The molecule has 0 fully saturated rings. The summed E-state index contributed by atoms with van der Waals surface area (Å²) in [7, 11) is -4.78. The maximum absolute atomic E-state index is 13.0. The van der Waals surface area contributed by atoms with E-state index in [0.717, 1.165) is 122 Å². The number of aliphatic hydroxyl groups is 1. The largest absolute Gasteiger partial charge is 0.472 e. The molecule has 0 aliphatic rings. The molecule has 0 aliphatic heterocycles. The van der Waals surface area contributed by atoms with E-state index in [4.69, 9.17) is 23.3 Å². The van der Waals surface area contributed by atoms with Crippen molar-refractivity contribution in [1.82, 2.24) is 0 Å². The minimum absolute atomic E-state index is 0.121. The van der Waals surface area contributed by atoms with Crippen molar-refractivity contribution >= 4 is 25.7 Å². The highest BCUT2D eigenvalue weighted by Crippen LogP contribution is 2.43. The number of carbonyl (C=O) groups excluding carboxylic acids is 3. The minimum Gasteiger partial charge on any atom is -0.462 e. The molecule has 2 N–H and O–H groups in total. The van der Waals surface area contributed by atoms with Gasteiger partial charge in [-0.25, -0.2) is 4.57 Å². The number of carbonyl (C=O) groups is 3. The number of unbranched alkanes of at least 4 members (excludes halogenated alkanes) is 27. The van der Waals surface area contributed by atoms with E-state index in [1.54, 1.807) is 0 Å². The molecule has 0 radical (unpaired) electrons. The van der Waals surface area contributed by atoms with Crippen molar-refractivity contribution in [2.24, 2.45) is 0 Å². The van der Waals surface area contributed by atoms with E-state index in [-0.39, 0.29) is 25.9 Å². The number of rotatable bonds is 62. The smallest absolute Gasteiger partial charge is 0.462 e. The van der Waals surface area contributed by atoms with Gasteiger partial charge in [0.15, 0.2) is 6.10 Å². The van der Waals surface area contributed by atoms with Crippen LogP contribution in [0.3, 0.4) is 0 Å². The van der Waals surface area contributed by atoms with Crippen LogP contribution in [0.5, 0.6) is 0 Å². The van der Waals surface area contributed by atoms with Gasteiger partial charge in [-0.15, -0.1) is 0 Å². The number of hydrogen-bond donors (Lipinski definition) is 2. The van der Waals surface area contributed by atoms with Crippen LogP contribution in [0.25, 0.3) is 0 Å². The lowest BCUT2D eigenvalue weighted by molar-refractivity contribution is -0.161. The lowest BCUT2D eigenvalue weighted by Gasteiger charge is -2.21. The first-order valence-electron chi connectivity index (χ1n) is 33.8. The molecule has 0 heterocycles. The van der Waals surface area contributed by atoms with Gasteiger partial charge in [0, 0.05) is 19.3 Å². The second-order valence-corrected chi connectivity index (χ2v) is 23.7. The molecular formula is C72H123O11P. The summed E-state index contributed by atoms with van der Waals surface area (Å²) in [4.78, 5) is 48.9. The molecule has 11 nitrogen and oxygen atoms in total. The topological polar surface area (TPSA) is 155 Å². The Morgan fingerprint density at radius 3 is 1.00 bits per heavy atom. The summed E-state index contributed by atoms with van der Waals surface area (Å²) in [6, 6.07) is 0. The van der Waals surface area contributed by atoms with Gasteiger partial charge < -0.3 is 24.2 Å². The van der Waals surface area contributed by atoms with E-state index in [2.05, 4.69) is 130 Å². The monoisotopic (exact) mass is 1190 g/mol. The van der Waals surface area contributed by atoms with Crippen molar-refractivity contribution in [3.05, 3.63) is 109 Å². The highest BCUT2D eigenvalue weighted by atomic mass is 31.2. The van der Waals surface area contributed by atoms with Crippen LogP contribution < -0.4 is 0 Å². The van der Waals surface area contributed by atoms with Crippen LogP contribution in [-0.2, 0) is 42.2 Å². The molecule has 0 rings (SSSR count). The SMILES string of the molecule is CC/C=C\C/C=C\C/C=C\C/C=C\C/C=C\CCCCCC(=O)OC(COC(=O)CCCCCCCC/C=C\C/C=C\C/C=C\CCCCC)COP(=O)(O)OCC(CO)OC(=O)CCCCCCCCCCC/C=C\CCCCCCCC. The lowest BCUT2D eigenvalue weighted by Crippen LogP contribution is -2.30. The Morgan fingerprint density at radius 2 is 0.619 bits per heavy atom. The lowest BCUT2D eigenvalue weighted by atomic mass is 10.1. The summed E-state index contributed by atoms with van der Waals surface area (Å²) >= 11 is 0. The standard InChI is InChI=1S/C72H123O11P/c1-4-7-10-13-16-19-22-25-28-31-34-37-40-43-46-49-52-55-58-61-70(74)79-65-69(83-72(76)63-60-57-54-51-48-45-42-39-36-33-30-27-24-21-18-15-12-9-6-3)67-81-84(77,78)80-66-68(64-73)82-71(75)62-59-56-53-50-47-44-41-38-35-32-29-26-23-20-17-14-11-8-5-2/h9,12,16,18-19,21,25-30,34,36-37,39,45,48,68-69,73H,4-8,10-11,13-15,17,20,22-24,31-33,35,38,40-44,46-47,49-67H2,1-3H3,(H,77,78)/b12-9-,19-16-,21-18-,28-25-,29-26-,30-27-,37-34-,39-36-,48-45-. The van der Waals surface area contributed by atoms with Gasteiger partial charge in [-0.3, -0.25) is 23.4 Å². The number of phosphoric ester groups is 1. The normalized spacial score (nSPS) is 13.9. The van der Waals surface area contributed by atoms with Crippen molar-refractivity contribution in [1.29, 1.82) is 0 Å². The molecule has 12 heteroatoms. The molecule has 0 aliphatic carbocycles.